The third-order valence-corrected chi connectivity index (χ3v) is 8.00. The van der Waals surface area contributed by atoms with Crippen LogP contribution in [0.15, 0.2) is 12.2 Å². The van der Waals surface area contributed by atoms with Gasteiger partial charge in [-0.1, -0.05) is 38.8 Å². The summed E-state index contributed by atoms with van der Waals surface area (Å²) in [6.07, 6.45) is 13.0. The Morgan fingerprint density at radius 3 is 1.71 bits per heavy atom. The molecule has 2 rings (SSSR count). The molecule has 0 bridgehead atoms. The molecule has 5 nitrogen and oxygen atoms in total. The molecular weight excluding hydrogens is 392 g/mol. The molecule has 2 aliphatic carbocycles. The molecule has 31 heavy (non-hydrogen) atoms. The average molecular weight is 439 g/mol. The summed E-state index contributed by atoms with van der Waals surface area (Å²) in [5, 5.41) is 40.1. The molecule has 0 aromatic carbocycles. The van der Waals surface area contributed by atoms with E-state index in [0.29, 0.717) is 12.3 Å². The number of hydrogen-bond acceptors (Lipinski definition) is 4. The number of aliphatic hydroxyl groups excluding tert-OH is 3. The maximum atomic E-state index is 11.3. The maximum Gasteiger partial charge on any atom is 0.309 e. The Hall–Kier alpha value is -0.910. The Balaban J connectivity index is 1.75. The topological polar surface area (TPSA) is 98.0 Å². The standard InChI is InChI=1S/C26H46O5/c1-25(2,17-27)15-5-7-18-9-11-20(22(18)28)13-14-21-12-10-19(23(21)29)8-6-16-26(3,4)24(30)31/h13-14,18-23,27-29H,5-12,15-17H2,1-4H3,(H,30,31). The van der Waals surface area contributed by atoms with Crippen LogP contribution in [0.1, 0.15) is 91.9 Å². The lowest BCUT2D eigenvalue weighted by atomic mass is 9.85. The molecule has 5 heteroatoms. The first-order valence-electron chi connectivity index (χ1n) is 12.4. The van der Waals surface area contributed by atoms with Crippen LogP contribution in [0, 0.1) is 34.5 Å². The lowest BCUT2D eigenvalue weighted by Crippen LogP contribution is -2.25. The highest BCUT2D eigenvalue weighted by Gasteiger charge is 2.36. The second kappa shape index (κ2) is 11.3. The second-order valence-electron chi connectivity index (χ2n) is 11.7. The Morgan fingerprint density at radius 1 is 0.839 bits per heavy atom. The van der Waals surface area contributed by atoms with Crippen LogP contribution in [-0.4, -0.2) is 45.2 Å². The van der Waals surface area contributed by atoms with Crippen molar-refractivity contribution in [3.8, 4) is 0 Å². The lowest BCUT2D eigenvalue weighted by molar-refractivity contribution is -0.147. The number of aliphatic carboxylic acids is 1. The summed E-state index contributed by atoms with van der Waals surface area (Å²) in [5.41, 5.74) is -0.743. The predicted octanol–water partition coefficient (Wildman–Crippen LogP) is 4.79. The van der Waals surface area contributed by atoms with E-state index in [9.17, 15) is 25.2 Å². The van der Waals surface area contributed by atoms with Gasteiger partial charge in [-0.3, -0.25) is 4.79 Å². The lowest BCUT2D eigenvalue weighted by Gasteiger charge is -2.23. The van der Waals surface area contributed by atoms with Gasteiger partial charge in [0.25, 0.3) is 0 Å². The van der Waals surface area contributed by atoms with Gasteiger partial charge in [0.05, 0.1) is 17.6 Å². The van der Waals surface area contributed by atoms with E-state index in [0.717, 1.165) is 57.8 Å². The zero-order valence-electron chi connectivity index (χ0n) is 20.1. The van der Waals surface area contributed by atoms with Crippen molar-refractivity contribution in [2.24, 2.45) is 34.5 Å². The molecule has 0 aliphatic heterocycles. The summed E-state index contributed by atoms with van der Waals surface area (Å²) < 4.78 is 0. The highest BCUT2D eigenvalue weighted by molar-refractivity contribution is 5.73. The van der Waals surface area contributed by atoms with Crippen LogP contribution >= 0.6 is 0 Å². The molecule has 180 valence electrons. The van der Waals surface area contributed by atoms with Gasteiger partial charge in [-0.25, -0.2) is 0 Å². The van der Waals surface area contributed by atoms with E-state index in [-0.39, 0.29) is 42.0 Å². The number of carboxylic acids is 1. The quantitative estimate of drug-likeness (QED) is 0.329. The van der Waals surface area contributed by atoms with Crippen LogP contribution < -0.4 is 0 Å². The Morgan fingerprint density at radius 2 is 1.29 bits per heavy atom. The first-order chi connectivity index (χ1) is 14.5. The number of carbonyl (C=O) groups is 1. The van der Waals surface area contributed by atoms with Crippen LogP contribution in [0.3, 0.4) is 0 Å². The van der Waals surface area contributed by atoms with E-state index in [1.165, 1.54) is 0 Å². The van der Waals surface area contributed by atoms with E-state index in [1.807, 2.05) is 0 Å². The molecule has 0 aromatic rings. The van der Waals surface area contributed by atoms with E-state index < -0.39 is 11.4 Å². The van der Waals surface area contributed by atoms with Gasteiger partial charge in [0.1, 0.15) is 0 Å². The van der Waals surface area contributed by atoms with Crippen molar-refractivity contribution in [1.29, 1.82) is 0 Å². The normalized spacial score (nSPS) is 32.2. The van der Waals surface area contributed by atoms with Crippen LogP contribution in [0.5, 0.6) is 0 Å². The van der Waals surface area contributed by atoms with Crippen molar-refractivity contribution in [2.75, 3.05) is 6.61 Å². The fourth-order valence-corrected chi connectivity index (χ4v) is 5.37. The fourth-order valence-electron chi connectivity index (χ4n) is 5.37. The number of aliphatic hydroxyl groups is 3. The Bertz CT molecular complexity index is 597. The molecular formula is C26H46O5. The molecule has 0 saturated heterocycles. The van der Waals surface area contributed by atoms with E-state index in [4.69, 9.17) is 0 Å². The predicted molar refractivity (Wildman–Crippen MR) is 124 cm³/mol. The van der Waals surface area contributed by atoms with Crippen molar-refractivity contribution >= 4 is 5.97 Å². The molecule has 6 unspecified atom stereocenters. The van der Waals surface area contributed by atoms with Crippen molar-refractivity contribution in [3.05, 3.63) is 12.2 Å². The summed E-state index contributed by atoms with van der Waals surface area (Å²) in [4.78, 5) is 11.3. The highest BCUT2D eigenvalue weighted by atomic mass is 16.4. The summed E-state index contributed by atoms with van der Waals surface area (Å²) in [5.74, 6) is 0.150. The van der Waals surface area contributed by atoms with Gasteiger partial charge in [0.2, 0.25) is 0 Å². The Labute approximate surface area is 188 Å². The van der Waals surface area contributed by atoms with Crippen molar-refractivity contribution in [1.82, 2.24) is 0 Å². The van der Waals surface area contributed by atoms with Gasteiger partial charge in [-0.2, -0.15) is 0 Å². The van der Waals surface area contributed by atoms with Crippen LogP contribution in [-0.2, 0) is 4.79 Å². The first-order valence-corrected chi connectivity index (χ1v) is 12.4. The summed E-state index contributed by atoms with van der Waals surface area (Å²) in [7, 11) is 0. The Kier molecular flexibility index (Phi) is 9.59. The van der Waals surface area contributed by atoms with Gasteiger partial charge in [0, 0.05) is 18.4 Å². The zero-order valence-corrected chi connectivity index (χ0v) is 20.1. The van der Waals surface area contributed by atoms with Crippen LogP contribution in [0.4, 0.5) is 0 Å². The molecule has 4 N–H and O–H groups in total. The minimum atomic E-state index is -0.759. The number of carboxylic acid groups (broad SMARTS) is 1. The molecule has 2 fully saturated rings. The third-order valence-electron chi connectivity index (χ3n) is 8.00. The number of rotatable bonds is 12. The maximum absolute atomic E-state index is 11.3. The molecule has 2 saturated carbocycles. The van der Waals surface area contributed by atoms with E-state index in [1.54, 1.807) is 13.8 Å². The number of hydrogen-bond donors (Lipinski definition) is 4. The molecule has 6 atom stereocenters. The summed E-state index contributed by atoms with van der Waals surface area (Å²) >= 11 is 0. The summed E-state index contributed by atoms with van der Waals surface area (Å²) in [6, 6.07) is 0. The van der Waals surface area contributed by atoms with Gasteiger partial charge in [-0.15, -0.1) is 0 Å². The van der Waals surface area contributed by atoms with Gasteiger partial charge in [-0.05, 0) is 82.5 Å². The van der Waals surface area contributed by atoms with Crippen molar-refractivity contribution in [2.45, 2.75) is 104 Å². The van der Waals surface area contributed by atoms with Crippen molar-refractivity contribution < 1.29 is 25.2 Å². The minimum Gasteiger partial charge on any atom is -0.481 e. The summed E-state index contributed by atoms with van der Waals surface area (Å²) in [6.45, 7) is 7.89. The van der Waals surface area contributed by atoms with E-state index in [2.05, 4.69) is 26.0 Å². The second-order valence-corrected chi connectivity index (χ2v) is 11.7. The average Bonchev–Trinajstić information content (AvgIpc) is 3.23. The molecule has 0 amide bonds. The third kappa shape index (κ3) is 7.57. The first kappa shape index (κ1) is 26.3. The van der Waals surface area contributed by atoms with Crippen molar-refractivity contribution in [3.63, 3.8) is 0 Å². The minimum absolute atomic E-state index is 0.0403. The van der Waals surface area contributed by atoms with Crippen LogP contribution in [0.25, 0.3) is 0 Å². The molecule has 0 aromatic heterocycles. The largest absolute Gasteiger partial charge is 0.481 e. The van der Waals surface area contributed by atoms with Gasteiger partial charge < -0.3 is 20.4 Å². The molecule has 0 spiro atoms. The van der Waals surface area contributed by atoms with Crippen LogP contribution in [0.2, 0.25) is 0 Å². The van der Waals surface area contributed by atoms with E-state index >= 15 is 0 Å². The van der Waals surface area contributed by atoms with Gasteiger partial charge in [0.15, 0.2) is 0 Å². The highest BCUT2D eigenvalue weighted by Crippen LogP contribution is 2.40. The fraction of sp³-hybridized carbons (Fsp3) is 0.885. The smallest absolute Gasteiger partial charge is 0.309 e. The SMILES string of the molecule is CC(C)(CO)CCCC1CCC(C=CC2CCC(CCCC(C)(C)C(=O)O)C2O)C1O. The van der Waals surface area contributed by atoms with Gasteiger partial charge >= 0.3 is 5.97 Å². The molecule has 0 heterocycles. The molecule has 0 radical (unpaired) electrons. The monoisotopic (exact) mass is 438 g/mol. The zero-order chi connectivity index (χ0) is 23.2. The molecule has 2 aliphatic rings.